The Hall–Kier alpha value is -0.360. The van der Waals surface area contributed by atoms with Crippen molar-refractivity contribution in [1.82, 2.24) is 4.98 Å². The monoisotopic (exact) mass is 332 g/mol. The Morgan fingerprint density at radius 3 is 3.06 bits per heavy atom. The van der Waals surface area contributed by atoms with Gasteiger partial charge in [0, 0.05) is 30.8 Å². The fourth-order valence-electron chi connectivity index (χ4n) is 3.15. The van der Waals surface area contributed by atoms with Crippen LogP contribution in [0.5, 0.6) is 0 Å². The predicted molar refractivity (Wildman–Crippen MR) is 73.2 cm³/mol. The Bertz CT molecular complexity index is 499. The first-order chi connectivity index (χ1) is 8.57. The van der Waals surface area contributed by atoms with E-state index in [0.717, 1.165) is 28.8 Å². The van der Waals surface area contributed by atoms with Gasteiger partial charge < -0.3 is 15.2 Å². The molecule has 4 nitrogen and oxygen atoms in total. The van der Waals surface area contributed by atoms with Gasteiger partial charge in [-0.1, -0.05) is 11.6 Å². The van der Waals surface area contributed by atoms with Crippen molar-refractivity contribution in [2.45, 2.75) is 30.5 Å². The van der Waals surface area contributed by atoms with Crippen molar-refractivity contribution in [3.63, 3.8) is 0 Å². The molecule has 0 saturated heterocycles. The number of pyridine rings is 1. The van der Waals surface area contributed by atoms with Crippen LogP contribution in [0.25, 0.3) is 0 Å². The number of rotatable bonds is 1. The van der Waals surface area contributed by atoms with Crippen molar-refractivity contribution < 1.29 is 9.84 Å². The number of halogens is 2. The molecule has 1 aromatic rings. The Kier molecular flexibility index (Phi) is 3.05. The molecule has 3 unspecified atom stereocenters. The van der Waals surface area contributed by atoms with E-state index in [0.29, 0.717) is 11.4 Å². The van der Waals surface area contributed by atoms with Crippen molar-refractivity contribution in [3.05, 3.63) is 21.3 Å². The van der Waals surface area contributed by atoms with Crippen molar-refractivity contribution in [2.24, 2.45) is 0 Å². The van der Waals surface area contributed by atoms with Gasteiger partial charge in [-0.2, -0.15) is 0 Å². The molecule has 0 radical (unpaired) electrons. The van der Waals surface area contributed by atoms with Crippen molar-refractivity contribution in [2.75, 3.05) is 19.0 Å². The van der Waals surface area contributed by atoms with E-state index in [9.17, 15) is 5.11 Å². The molecule has 2 N–H and O–H groups in total. The van der Waals surface area contributed by atoms with E-state index in [4.69, 9.17) is 16.3 Å². The largest absolute Gasteiger partial charge is 0.390 e. The number of ether oxygens (including phenoxy) is 1. The third-order valence-corrected chi connectivity index (χ3v) is 5.24. The molecule has 2 heterocycles. The summed E-state index contributed by atoms with van der Waals surface area (Å²) in [5, 5.41) is 14.0. The summed E-state index contributed by atoms with van der Waals surface area (Å²) in [5.41, 5.74) is 0.848. The number of aliphatic hydroxyl groups excluding tert-OH is 1. The molecule has 98 valence electrons. The van der Waals surface area contributed by atoms with Crippen LogP contribution in [0, 0.1) is 0 Å². The predicted octanol–water partition coefficient (Wildman–Crippen LogP) is 2.33. The van der Waals surface area contributed by atoms with Crippen LogP contribution < -0.4 is 5.32 Å². The number of hydrogen-bond donors (Lipinski definition) is 2. The molecule has 1 aromatic heterocycles. The molecule has 1 aliphatic carbocycles. The molecule has 0 amide bonds. The lowest BCUT2D eigenvalue weighted by atomic mass is 9.81. The van der Waals surface area contributed by atoms with Crippen LogP contribution in [-0.2, 0) is 10.2 Å². The molecule has 1 saturated carbocycles. The summed E-state index contributed by atoms with van der Waals surface area (Å²) in [7, 11) is 1.64. The second-order valence-corrected chi connectivity index (χ2v) is 6.26. The highest BCUT2D eigenvalue weighted by Crippen LogP contribution is 2.51. The molecule has 0 aromatic carbocycles. The average molecular weight is 334 g/mol. The molecule has 0 bridgehead atoms. The van der Waals surface area contributed by atoms with E-state index >= 15 is 0 Å². The second kappa shape index (κ2) is 4.34. The lowest BCUT2D eigenvalue weighted by Gasteiger charge is -2.23. The lowest BCUT2D eigenvalue weighted by Crippen LogP contribution is -2.26. The maximum Gasteiger partial charge on any atom is 0.131 e. The van der Waals surface area contributed by atoms with Gasteiger partial charge in [-0.05, 0) is 28.8 Å². The molecule has 1 aliphatic heterocycles. The molecule has 3 atom stereocenters. The zero-order chi connectivity index (χ0) is 12.9. The number of nitrogens with one attached hydrogen (secondary N) is 1. The van der Waals surface area contributed by atoms with Gasteiger partial charge in [-0.15, -0.1) is 0 Å². The highest BCUT2D eigenvalue weighted by molar-refractivity contribution is 9.10. The number of nitrogens with zero attached hydrogens (tertiary/aromatic N) is 1. The zero-order valence-electron chi connectivity index (χ0n) is 9.91. The summed E-state index contributed by atoms with van der Waals surface area (Å²) in [6, 6.07) is 0. The van der Waals surface area contributed by atoms with Crippen LogP contribution in [0.15, 0.2) is 10.7 Å². The first-order valence-corrected chi connectivity index (χ1v) is 7.04. The van der Waals surface area contributed by atoms with Crippen molar-refractivity contribution >= 4 is 33.3 Å². The van der Waals surface area contributed by atoms with Gasteiger partial charge >= 0.3 is 0 Å². The minimum Gasteiger partial charge on any atom is -0.390 e. The number of anilines is 1. The summed E-state index contributed by atoms with van der Waals surface area (Å²) in [6.45, 7) is 0.752. The number of aliphatic hydroxyl groups is 1. The average Bonchev–Trinajstić information content (AvgIpc) is 2.86. The highest BCUT2D eigenvalue weighted by atomic mass is 79.9. The van der Waals surface area contributed by atoms with E-state index in [1.54, 1.807) is 13.3 Å². The van der Waals surface area contributed by atoms with Crippen LogP contribution >= 0.6 is 27.5 Å². The summed E-state index contributed by atoms with van der Waals surface area (Å²) < 4.78 is 6.14. The van der Waals surface area contributed by atoms with E-state index in [-0.39, 0.29) is 11.5 Å². The van der Waals surface area contributed by atoms with E-state index < -0.39 is 6.10 Å². The quantitative estimate of drug-likeness (QED) is 0.828. The summed E-state index contributed by atoms with van der Waals surface area (Å²) in [6.07, 6.45) is 2.55. The van der Waals surface area contributed by atoms with E-state index in [1.165, 1.54) is 0 Å². The van der Waals surface area contributed by atoms with Crippen LogP contribution in [0.3, 0.4) is 0 Å². The molecule has 3 rings (SSSR count). The second-order valence-electron chi connectivity index (χ2n) is 5.03. The van der Waals surface area contributed by atoms with Crippen molar-refractivity contribution in [3.8, 4) is 0 Å². The summed E-state index contributed by atoms with van der Waals surface area (Å²) in [4.78, 5) is 4.35. The molecule has 1 spiro atoms. The van der Waals surface area contributed by atoms with Crippen molar-refractivity contribution in [1.29, 1.82) is 0 Å². The van der Waals surface area contributed by atoms with Gasteiger partial charge in [0.25, 0.3) is 0 Å². The Balaban J connectivity index is 2.07. The van der Waals surface area contributed by atoms with Gasteiger partial charge in [-0.25, -0.2) is 4.98 Å². The molecule has 18 heavy (non-hydrogen) atoms. The smallest absolute Gasteiger partial charge is 0.131 e. The third kappa shape index (κ3) is 1.68. The van der Waals surface area contributed by atoms with Gasteiger partial charge in [0.1, 0.15) is 5.82 Å². The zero-order valence-corrected chi connectivity index (χ0v) is 12.3. The molecular formula is C12H14BrClN2O2. The maximum atomic E-state index is 10.1. The fraction of sp³-hybridized carbons (Fsp3) is 0.583. The van der Waals surface area contributed by atoms with Gasteiger partial charge in [0.05, 0.1) is 21.7 Å². The highest BCUT2D eigenvalue weighted by Gasteiger charge is 2.51. The van der Waals surface area contributed by atoms with Gasteiger partial charge in [0.15, 0.2) is 0 Å². The summed E-state index contributed by atoms with van der Waals surface area (Å²) in [5.74, 6) is 0.826. The van der Waals surface area contributed by atoms with E-state index in [2.05, 4.69) is 26.2 Å². The Labute approximate surface area is 119 Å². The molecule has 6 heteroatoms. The van der Waals surface area contributed by atoms with Gasteiger partial charge in [0.2, 0.25) is 0 Å². The minimum absolute atomic E-state index is 0.132. The Morgan fingerprint density at radius 2 is 2.39 bits per heavy atom. The number of aromatic nitrogens is 1. The molecule has 1 fully saturated rings. The van der Waals surface area contributed by atoms with Crippen LogP contribution in [0.1, 0.15) is 18.4 Å². The standard InChI is InChI=1S/C12H14BrClN2O2/c1-18-8-3-12(2-7(8)17)5-16-11-9(12)10(14)6(13)4-15-11/h4,7-8,17H,2-3,5H2,1H3,(H,15,16). The Morgan fingerprint density at radius 1 is 1.61 bits per heavy atom. The number of fused-ring (bicyclic) bond motifs is 2. The topological polar surface area (TPSA) is 54.4 Å². The maximum absolute atomic E-state index is 10.1. The van der Waals surface area contributed by atoms with Gasteiger partial charge in [-0.3, -0.25) is 0 Å². The van der Waals surface area contributed by atoms with E-state index in [1.807, 2.05) is 0 Å². The van der Waals surface area contributed by atoms with Crippen LogP contribution in [0.4, 0.5) is 5.82 Å². The SMILES string of the molecule is COC1CC2(CNc3ncc(Br)c(Cl)c32)CC1O. The normalized spacial score (nSPS) is 33.8. The number of methoxy groups -OCH3 is 1. The first-order valence-electron chi connectivity index (χ1n) is 5.86. The molecular weight excluding hydrogens is 320 g/mol. The first kappa shape index (κ1) is 12.7. The van der Waals surface area contributed by atoms with Crippen LogP contribution in [-0.4, -0.2) is 36.0 Å². The third-order valence-electron chi connectivity index (χ3n) is 4.02. The minimum atomic E-state index is -0.446. The fourth-order valence-corrected chi connectivity index (χ4v) is 3.79. The molecule has 2 aliphatic rings. The summed E-state index contributed by atoms with van der Waals surface area (Å²) >= 11 is 9.81. The number of hydrogen-bond acceptors (Lipinski definition) is 4. The lowest BCUT2D eigenvalue weighted by molar-refractivity contribution is 0.00973. The van der Waals surface area contributed by atoms with Crippen LogP contribution in [0.2, 0.25) is 5.02 Å².